The summed E-state index contributed by atoms with van der Waals surface area (Å²) < 4.78 is 26.0. The fourth-order valence-electron chi connectivity index (χ4n) is 5.42. The van der Waals surface area contributed by atoms with Crippen LogP contribution in [0.1, 0.15) is 55.1 Å². The smallest absolute Gasteiger partial charge is 0.257 e. The van der Waals surface area contributed by atoms with Crippen molar-refractivity contribution >= 4 is 0 Å². The topological polar surface area (TPSA) is 81.4 Å². The van der Waals surface area contributed by atoms with Gasteiger partial charge < -0.3 is 20.6 Å². The average Bonchev–Trinajstić information content (AvgIpc) is 3.63. The van der Waals surface area contributed by atoms with Gasteiger partial charge in [-0.25, -0.2) is 18.7 Å². The van der Waals surface area contributed by atoms with Crippen molar-refractivity contribution in [2.24, 2.45) is 0 Å². The summed E-state index contributed by atoms with van der Waals surface area (Å²) in [6.07, 6.45) is 7.26. The van der Waals surface area contributed by atoms with Crippen LogP contribution in [0.2, 0.25) is 0 Å². The van der Waals surface area contributed by atoms with E-state index in [1.807, 2.05) is 0 Å². The van der Waals surface area contributed by atoms with E-state index in [1.54, 1.807) is 6.20 Å². The maximum Gasteiger partial charge on any atom is 0.257 e. The van der Waals surface area contributed by atoms with Gasteiger partial charge in [0.05, 0.1) is 36.7 Å². The summed E-state index contributed by atoms with van der Waals surface area (Å²) in [5, 5.41) is 6.29. The van der Waals surface area contributed by atoms with Crippen LogP contribution in [0.25, 0.3) is 33.6 Å². The number of imidazole rings is 2. The molecular weight excluding hydrogens is 470 g/mol. The van der Waals surface area contributed by atoms with E-state index >= 15 is 0 Å². The van der Waals surface area contributed by atoms with Gasteiger partial charge in [-0.3, -0.25) is 0 Å². The Labute approximate surface area is 215 Å². The van der Waals surface area contributed by atoms with E-state index in [1.165, 1.54) is 28.8 Å². The van der Waals surface area contributed by atoms with E-state index < -0.39 is 5.92 Å². The molecule has 6 rings (SSSR count). The monoisotopic (exact) mass is 502 g/mol. The zero-order chi connectivity index (χ0) is 25.4. The van der Waals surface area contributed by atoms with Gasteiger partial charge in [0, 0.05) is 18.2 Å². The van der Waals surface area contributed by atoms with Crippen molar-refractivity contribution in [3.63, 3.8) is 0 Å². The van der Waals surface area contributed by atoms with Gasteiger partial charge in [-0.1, -0.05) is 42.5 Å². The molecule has 0 bridgehead atoms. The molecule has 8 heteroatoms. The number of hydrogen-bond acceptors (Lipinski definition) is 4. The van der Waals surface area contributed by atoms with Gasteiger partial charge in [-0.2, -0.15) is 0 Å². The minimum atomic E-state index is -2.74. The highest BCUT2D eigenvalue weighted by Crippen LogP contribution is 2.36. The van der Waals surface area contributed by atoms with Gasteiger partial charge in [0.2, 0.25) is 0 Å². The van der Waals surface area contributed by atoms with Crippen LogP contribution in [0.4, 0.5) is 8.78 Å². The maximum atomic E-state index is 13.0. The standard InChI is InChI=1S/C29H32F2N6/c1-29(30,31)17-32-16-26-34-15-25(35-26)19-9-7-18(8-10-19)20-11-12-22-21(14-20)4-2-5-23-27(22)37-28(36-23)24-6-3-13-33-24/h7-12,14-15,24,32-33H,2-6,13,16-17H2,1H3,(H,34,35)(H,36,37)/t24-/m0/s1. The van der Waals surface area contributed by atoms with Crippen LogP contribution in [-0.2, 0) is 19.4 Å². The quantitative estimate of drug-likeness (QED) is 0.258. The summed E-state index contributed by atoms with van der Waals surface area (Å²) in [4.78, 5) is 16.2. The number of aromatic nitrogens is 4. The molecular formula is C29H32F2N6. The van der Waals surface area contributed by atoms with Crippen LogP contribution >= 0.6 is 0 Å². The first-order chi connectivity index (χ1) is 17.9. The molecule has 2 aliphatic rings. The number of alkyl halides is 2. The zero-order valence-corrected chi connectivity index (χ0v) is 21.0. The summed E-state index contributed by atoms with van der Waals surface area (Å²) in [5.41, 5.74) is 9.19. The molecule has 4 aromatic rings. The van der Waals surface area contributed by atoms with Crippen LogP contribution in [0, 0.1) is 0 Å². The van der Waals surface area contributed by atoms with Crippen LogP contribution in [0.15, 0.2) is 48.7 Å². The summed E-state index contributed by atoms with van der Waals surface area (Å²) in [6, 6.07) is 15.4. The summed E-state index contributed by atoms with van der Waals surface area (Å²) in [5.74, 6) is -1.02. The Bertz CT molecular complexity index is 1380. The molecule has 6 nitrogen and oxygen atoms in total. The number of halogens is 2. The third-order valence-corrected chi connectivity index (χ3v) is 7.31. The molecule has 0 unspecified atom stereocenters. The second-order valence-corrected chi connectivity index (χ2v) is 10.3. The SMILES string of the molecule is CC(F)(F)CNCc1ncc(-c2ccc(-c3ccc4c(c3)CCCc3[nH]c([C@@H]5CCCN5)nc3-4)cc2)[nH]1. The second-order valence-electron chi connectivity index (χ2n) is 10.3. The molecule has 2 aromatic carbocycles. The van der Waals surface area contributed by atoms with Gasteiger partial charge >= 0.3 is 0 Å². The van der Waals surface area contributed by atoms with E-state index in [2.05, 4.69) is 68.1 Å². The van der Waals surface area contributed by atoms with Crippen molar-refractivity contribution in [3.05, 3.63) is 71.6 Å². The van der Waals surface area contributed by atoms with Gasteiger partial charge in [0.25, 0.3) is 5.92 Å². The maximum absolute atomic E-state index is 13.0. The Hall–Kier alpha value is -3.36. The fraction of sp³-hybridized carbons (Fsp3) is 0.379. The Kier molecular flexibility index (Phi) is 6.38. The van der Waals surface area contributed by atoms with E-state index in [0.717, 1.165) is 67.5 Å². The van der Waals surface area contributed by atoms with Gasteiger partial charge in [0.1, 0.15) is 11.6 Å². The number of benzene rings is 2. The molecule has 1 atom stereocenters. The zero-order valence-electron chi connectivity index (χ0n) is 21.0. The summed E-state index contributed by atoms with van der Waals surface area (Å²) in [7, 11) is 0. The third-order valence-electron chi connectivity index (χ3n) is 7.31. The van der Waals surface area contributed by atoms with Crippen molar-refractivity contribution in [1.29, 1.82) is 0 Å². The molecule has 1 aliphatic heterocycles. The fourth-order valence-corrected chi connectivity index (χ4v) is 5.42. The lowest BCUT2D eigenvalue weighted by Gasteiger charge is -2.10. The molecule has 1 saturated heterocycles. The summed E-state index contributed by atoms with van der Waals surface area (Å²) >= 11 is 0. The van der Waals surface area contributed by atoms with Crippen molar-refractivity contribution in [2.45, 2.75) is 57.5 Å². The lowest BCUT2D eigenvalue weighted by Crippen LogP contribution is -2.29. The van der Waals surface area contributed by atoms with Crippen LogP contribution < -0.4 is 10.6 Å². The highest BCUT2D eigenvalue weighted by Gasteiger charge is 2.24. The van der Waals surface area contributed by atoms with Crippen LogP contribution in [0.5, 0.6) is 0 Å². The predicted octanol–water partition coefficient (Wildman–Crippen LogP) is 5.79. The number of fused-ring (bicyclic) bond motifs is 3. The molecule has 0 saturated carbocycles. The second kappa shape index (κ2) is 9.84. The molecule has 1 aliphatic carbocycles. The molecule has 0 radical (unpaired) electrons. The van der Waals surface area contributed by atoms with Gasteiger partial charge in [-0.15, -0.1) is 0 Å². The van der Waals surface area contributed by atoms with Crippen molar-refractivity contribution < 1.29 is 8.78 Å². The van der Waals surface area contributed by atoms with Crippen molar-refractivity contribution in [2.75, 3.05) is 13.1 Å². The van der Waals surface area contributed by atoms with Gasteiger partial charge in [-0.05, 0) is 60.9 Å². The normalized spacial score (nSPS) is 17.4. The number of hydrogen-bond donors (Lipinski definition) is 4. The molecule has 37 heavy (non-hydrogen) atoms. The largest absolute Gasteiger partial charge is 0.344 e. The first kappa shape index (κ1) is 24.0. The van der Waals surface area contributed by atoms with Crippen molar-refractivity contribution in [3.8, 4) is 33.6 Å². The van der Waals surface area contributed by atoms with E-state index in [4.69, 9.17) is 4.98 Å². The number of H-pyrrole nitrogens is 2. The highest BCUT2D eigenvalue weighted by atomic mass is 19.3. The lowest BCUT2D eigenvalue weighted by atomic mass is 9.95. The Morgan fingerprint density at radius 1 is 1.00 bits per heavy atom. The summed E-state index contributed by atoms with van der Waals surface area (Å²) in [6.45, 7) is 1.86. The van der Waals surface area contributed by atoms with E-state index in [-0.39, 0.29) is 13.1 Å². The van der Waals surface area contributed by atoms with Crippen LogP contribution in [-0.4, -0.2) is 38.9 Å². The van der Waals surface area contributed by atoms with E-state index in [0.29, 0.717) is 11.9 Å². The highest BCUT2D eigenvalue weighted by molar-refractivity contribution is 5.75. The van der Waals surface area contributed by atoms with E-state index in [9.17, 15) is 8.78 Å². The minimum Gasteiger partial charge on any atom is -0.344 e. The molecule has 1 fully saturated rings. The Morgan fingerprint density at radius 3 is 2.59 bits per heavy atom. The molecule has 0 spiro atoms. The first-order valence-corrected chi connectivity index (χ1v) is 13.1. The molecule has 2 aromatic heterocycles. The first-order valence-electron chi connectivity index (χ1n) is 13.1. The molecule has 4 N–H and O–H groups in total. The number of rotatable bonds is 7. The minimum absolute atomic E-state index is 0.271. The van der Waals surface area contributed by atoms with Crippen molar-refractivity contribution in [1.82, 2.24) is 30.6 Å². The van der Waals surface area contributed by atoms with Crippen LogP contribution in [0.3, 0.4) is 0 Å². The molecule has 192 valence electrons. The number of aromatic amines is 2. The Morgan fingerprint density at radius 2 is 1.81 bits per heavy atom. The average molecular weight is 503 g/mol. The number of nitrogens with one attached hydrogen (secondary N) is 4. The number of aryl methyl sites for hydroxylation is 2. The Balaban J connectivity index is 1.19. The van der Waals surface area contributed by atoms with Gasteiger partial charge in [0.15, 0.2) is 0 Å². The lowest BCUT2D eigenvalue weighted by molar-refractivity contribution is 0.0223. The predicted molar refractivity (Wildman–Crippen MR) is 141 cm³/mol. The molecule has 0 amide bonds. The number of nitrogens with zero attached hydrogens (tertiary/aromatic N) is 2. The molecule has 3 heterocycles. The third kappa shape index (κ3) is 5.22.